The molecule has 2 rings (SSSR count). The van der Waals surface area contributed by atoms with Crippen molar-refractivity contribution in [3.63, 3.8) is 0 Å². The fraction of sp³-hybridized carbons (Fsp3) is 0.222. The first-order valence-electron chi connectivity index (χ1n) is 4.75. The summed E-state index contributed by atoms with van der Waals surface area (Å²) >= 11 is 0. The summed E-state index contributed by atoms with van der Waals surface area (Å²) in [4.78, 5) is 11.3. The van der Waals surface area contributed by atoms with Crippen LogP contribution in [0.1, 0.15) is 6.92 Å². The molecule has 0 saturated carbocycles. The smallest absolute Gasteiger partial charge is 0.365 e. The van der Waals surface area contributed by atoms with E-state index in [9.17, 15) is 4.79 Å². The average molecular weight is 221 g/mol. The van der Waals surface area contributed by atoms with E-state index < -0.39 is 5.69 Å². The Bertz CT molecular complexity index is 545. The third kappa shape index (κ3) is 1.74. The van der Waals surface area contributed by atoms with Gasteiger partial charge in [-0.2, -0.15) is 4.68 Å². The summed E-state index contributed by atoms with van der Waals surface area (Å²) in [5.74, 6) is 0.653. The van der Waals surface area contributed by atoms with Gasteiger partial charge in [0.1, 0.15) is 5.75 Å². The predicted molar refractivity (Wildman–Crippen MR) is 57.6 cm³/mol. The number of rotatable bonds is 3. The topological polar surface area (TPSA) is 98.8 Å². The number of nitrogen functional groups attached to an aromatic ring is 1. The number of nitrogens with zero attached hydrogens (tertiary/aromatic N) is 3. The minimum Gasteiger partial charge on any atom is -0.494 e. The second-order valence-corrected chi connectivity index (χ2v) is 3.07. The van der Waals surface area contributed by atoms with Crippen molar-refractivity contribution in [1.82, 2.24) is 20.2 Å². The molecule has 1 aromatic heterocycles. The van der Waals surface area contributed by atoms with Gasteiger partial charge in [-0.25, -0.2) is 9.89 Å². The summed E-state index contributed by atoms with van der Waals surface area (Å²) < 4.78 is 6.37. The molecule has 0 aliphatic heterocycles. The van der Waals surface area contributed by atoms with E-state index in [1.807, 2.05) is 6.92 Å². The Labute approximate surface area is 90.8 Å². The number of ether oxygens (including phenoxy) is 1. The summed E-state index contributed by atoms with van der Waals surface area (Å²) in [6, 6.07) is 5.01. The second-order valence-electron chi connectivity index (χ2n) is 3.07. The van der Waals surface area contributed by atoms with Crippen molar-refractivity contribution in [3.05, 3.63) is 28.7 Å². The van der Waals surface area contributed by atoms with Crippen molar-refractivity contribution in [2.24, 2.45) is 0 Å². The highest BCUT2D eigenvalue weighted by Gasteiger charge is 2.07. The van der Waals surface area contributed by atoms with E-state index in [0.29, 0.717) is 23.7 Å². The van der Waals surface area contributed by atoms with Crippen LogP contribution in [0.3, 0.4) is 0 Å². The van der Waals surface area contributed by atoms with Gasteiger partial charge in [0.25, 0.3) is 0 Å². The van der Waals surface area contributed by atoms with Crippen molar-refractivity contribution in [2.75, 3.05) is 12.3 Å². The zero-order valence-corrected chi connectivity index (χ0v) is 8.67. The lowest BCUT2D eigenvalue weighted by Gasteiger charge is -2.07. The zero-order chi connectivity index (χ0) is 11.5. The van der Waals surface area contributed by atoms with Gasteiger partial charge in [0.05, 0.1) is 18.0 Å². The summed E-state index contributed by atoms with van der Waals surface area (Å²) in [6.45, 7) is 2.44. The molecule has 0 atom stereocenters. The van der Waals surface area contributed by atoms with Crippen LogP contribution in [-0.4, -0.2) is 26.8 Å². The Morgan fingerprint density at radius 2 is 2.38 bits per heavy atom. The average Bonchev–Trinajstić information content (AvgIpc) is 2.65. The van der Waals surface area contributed by atoms with Gasteiger partial charge in [-0.1, -0.05) is 0 Å². The molecular weight excluding hydrogens is 210 g/mol. The van der Waals surface area contributed by atoms with Gasteiger partial charge < -0.3 is 10.5 Å². The van der Waals surface area contributed by atoms with Crippen molar-refractivity contribution in [1.29, 1.82) is 0 Å². The fourth-order valence-corrected chi connectivity index (χ4v) is 1.34. The summed E-state index contributed by atoms with van der Waals surface area (Å²) in [7, 11) is 0. The van der Waals surface area contributed by atoms with E-state index in [1.165, 1.54) is 0 Å². The third-order valence-electron chi connectivity index (χ3n) is 2.01. The molecule has 3 N–H and O–H groups in total. The lowest BCUT2D eigenvalue weighted by atomic mass is 10.2. The largest absolute Gasteiger partial charge is 0.494 e. The van der Waals surface area contributed by atoms with Crippen molar-refractivity contribution >= 4 is 5.69 Å². The highest BCUT2D eigenvalue weighted by molar-refractivity contribution is 5.60. The molecule has 0 amide bonds. The zero-order valence-electron chi connectivity index (χ0n) is 8.67. The Morgan fingerprint density at radius 1 is 1.56 bits per heavy atom. The van der Waals surface area contributed by atoms with Gasteiger partial charge in [-0.15, -0.1) is 0 Å². The Kier molecular flexibility index (Phi) is 2.59. The molecule has 0 radical (unpaired) electrons. The number of hydrogen-bond donors (Lipinski definition) is 2. The van der Waals surface area contributed by atoms with Gasteiger partial charge >= 0.3 is 5.69 Å². The molecule has 16 heavy (non-hydrogen) atoms. The normalized spacial score (nSPS) is 10.3. The van der Waals surface area contributed by atoms with Gasteiger partial charge in [0, 0.05) is 6.07 Å². The minimum atomic E-state index is -0.434. The monoisotopic (exact) mass is 221 g/mol. The highest BCUT2D eigenvalue weighted by Crippen LogP contribution is 2.21. The van der Waals surface area contributed by atoms with Gasteiger partial charge in [-0.3, -0.25) is 0 Å². The standard InChI is InChI=1S/C9H11N5O2/c1-2-16-6-3-4-8(7(10)5-6)14-9(15)11-12-13-14/h3-5H,2,10H2,1H3,(H,11,13,15). The van der Waals surface area contributed by atoms with Crippen LogP contribution in [0.5, 0.6) is 5.75 Å². The number of tetrazole rings is 1. The molecule has 1 aromatic carbocycles. The van der Waals surface area contributed by atoms with Crippen LogP contribution in [0.15, 0.2) is 23.0 Å². The molecule has 7 heteroatoms. The maximum Gasteiger partial charge on any atom is 0.365 e. The van der Waals surface area contributed by atoms with Crippen molar-refractivity contribution in [2.45, 2.75) is 6.92 Å². The van der Waals surface area contributed by atoms with Crippen LogP contribution in [0, 0.1) is 0 Å². The second kappa shape index (κ2) is 4.05. The number of hydrogen-bond acceptors (Lipinski definition) is 5. The molecule has 0 unspecified atom stereocenters. The predicted octanol–water partition coefficient (Wildman–Crippen LogP) is -0.0635. The lowest BCUT2D eigenvalue weighted by molar-refractivity contribution is 0.340. The van der Waals surface area contributed by atoms with E-state index in [1.54, 1.807) is 18.2 Å². The van der Waals surface area contributed by atoms with Crippen LogP contribution in [-0.2, 0) is 0 Å². The molecule has 1 heterocycles. The first-order chi connectivity index (χ1) is 7.72. The van der Waals surface area contributed by atoms with Crippen LogP contribution < -0.4 is 16.2 Å². The van der Waals surface area contributed by atoms with Gasteiger partial charge in [0.2, 0.25) is 0 Å². The fourth-order valence-electron chi connectivity index (χ4n) is 1.34. The van der Waals surface area contributed by atoms with Crippen LogP contribution in [0.4, 0.5) is 5.69 Å². The maximum atomic E-state index is 11.3. The van der Waals surface area contributed by atoms with Crippen molar-refractivity contribution < 1.29 is 4.74 Å². The number of anilines is 1. The first-order valence-corrected chi connectivity index (χ1v) is 4.75. The molecule has 0 fully saturated rings. The number of H-pyrrole nitrogens is 1. The number of nitrogens with two attached hydrogens (primary N) is 1. The van der Waals surface area contributed by atoms with Crippen LogP contribution in [0.25, 0.3) is 5.69 Å². The maximum absolute atomic E-state index is 11.3. The third-order valence-corrected chi connectivity index (χ3v) is 2.01. The highest BCUT2D eigenvalue weighted by atomic mass is 16.5. The number of benzene rings is 1. The first kappa shape index (κ1) is 10.2. The Balaban J connectivity index is 2.44. The number of aromatic amines is 1. The molecule has 0 bridgehead atoms. The summed E-state index contributed by atoms with van der Waals surface area (Å²) in [6.07, 6.45) is 0. The van der Waals surface area contributed by atoms with Crippen molar-refractivity contribution in [3.8, 4) is 11.4 Å². The molecule has 0 aliphatic carbocycles. The SMILES string of the molecule is CCOc1ccc(-n2nn[nH]c2=O)c(N)c1. The quantitative estimate of drug-likeness (QED) is 0.707. The Hall–Kier alpha value is -2.31. The van der Waals surface area contributed by atoms with Gasteiger partial charge in [0.15, 0.2) is 0 Å². The molecule has 0 spiro atoms. The van der Waals surface area contributed by atoms with Crippen LogP contribution >= 0.6 is 0 Å². The van der Waals surface area contributed by atoms with Crippen LogP contribution in [0.2, 0.25) is 0 Å². The lowest BCUT2D eigenvalue weighted by Crippen LogP contribution is -2.17. The Morgan fingerprint density at radius 3 is 2.94 bits per heavy atom. The molecule has 0 aliphatic rings. The molecule has 2 aromatic rings. The van der Waals surface area contributed by atoms with Gasteiger partial charge in [-0.05, 0) is 29.5 Å². The van der Waals surface area contributed by atoms with E-state index in [0.717, 1.165) is 4.68 Å². The molecular formula is C9H11N5O2. The molecule has 7 nitrogen and oxygen atoms in total. The van der Waals surface area contributed by atoms with E-state index in [2.05, 4.69) is 15.5 Å². The number of nitrogens with one attached hydrogen (secondary N) is 1. The van der Waals surface area contributed by atoms with E-state index in [4.69, 9.17) is 10.5 Å². The molecule has 84 valence electrons. The molecule has 0 saturated heterocycles. The summed E-state index contributed by atoms with van der Waals surface area (Å²) in [5, 5.41) is 9.18. The summed E-state index contributed by atoms with van der Waals surface area (Å²) in [5.41, 5.74) is 6.23. The number of aromatic nitrogens is 4. The van der Waals surface area contributed by atoms with E-state index in [-0.39, 0.29) is 0 Å². The van der Waals surface area contributed by atoms with E-state index >= 15 is 0 Å². The minimum absolute atomic E-state index is 0.405.